The third kappa shape index (κ3) is 3.93. The van der Waals surface area contributed by atoms with Crippen LogP contribution in [0.2, 0.25) is 0 Å². The lowest BCUT2D eigenvalue weighted by atomic mass is 10.1. The highest BCUT2D eigenvalue weighted by molar-refractivity contribution is 5.75. The number of rotatable bonds is 5. The molecule has 0 radical (unpaired) electrons. The molecule has 0 aliphatic carbocycles. The zero-order valence-corrected chi connectivity index (χ0v) is 16.7. The fourth-order valence-electron chi connectivity index (χ4n) is 2.97. The Balaban J connectivity index is 1.80. The second-order valence-corrected chi connectivity index (χ2v) is 7.05. The van der Waals surface area contributed by atoms with Crippen molar-refractivity contribution >= 4 is 23.2 Å². The summed E-state index contributed by atoms with van der Waals surface area (Å²) in [6, 6.07) is 10.4. The van der Waals surface area contributed by atoms with Crippen LogP contribution in [0.4, 0.5) is 20.8 Å². The molecule has 1 aromatic carbocycles. The Morgan fingerprint density at radius 3 is 2.67 bits per heavy atom. The molecule has 0 saturated heterocycles. The van der Waals surface area contributed by atoms with Crippen molar-refractivity contribution in [3.63, 3.8) is 0 Å². The van der Waals surface area contributed by atoms with E-state index in [4.69, 9.17) is 0 Å². The molecule has 3 aromatic heterocycles. The number of aromatic nitrogens is 5. The van der Waals surface area contributed by atoms with Crippen molar-refractivity contribution in [3.8, 4) is 0 Å². The molecule has 30 heavy (non-hydrogen) atoms. The van der Waals surface area contributed by atoms with Crippen LogP contribution in [-0.4, -0.2) is 49.8 Å². The zero-order valence-electron chi connectivity index (χ0n) is 16.7. The van der Waals surface area contributed by atoms with E-state index in [-0.39, 0.29) is 11.8 Å². The van der Waals surface area contributed by atoms with Gasteiger partial charge in [-0.2, -0.15) is 5.10 Å². The Hall–Kier alpha value is -3.95. The number of nitrogens with zero attached hydrogens (tertiary/aromatic N) is 5. The number of anilines is 2. The maximum absolute atomic E-state index is 13.5. The largest absolute Gasteiger partial charge is 0.331 e. The van der Waals surface area contributed by atoms with E-state index in [2.05, 4.69) is 30.9 Å². The number of benzene rings is 1. The number of carbonyl (C=O) groups is 1. The lowest BCUT2D eigenvalue weighted by Crippen LogP contribution is -2.38. The first kappa shape index (κ1) is 19.4. The van der Waals surface area contributed by atoms with Crippen LogP contribution in [-0.2, 0) is 0 Å². The number of fused-ring (bicyclic) bond motifs is 1. The molecule has 9 nitrogen and oxygen atoms in total. The smallest absolute Gasteiger partial charge is 0.317 e. The van der Waals surface area contributed by atoms with Crippen molar-refractivity contribution in [2.24, 2.45) is 0 Å². The van der Waals surface area contributed by atoms with Crippen LogP contribution in [0.1, 0.15) is 23.1 Å². The number of aryl methyl sites for hydroxylation is 1. The maximum Gasteiger partial charge on any atom is 0.317 e. The van der Waals surface area contributed by atoms with E-state index in [0.717, 1.165) is 11.2 Å². The first-order valence-electron chi connectivity index (χ1n) is 9.28. The Labute approximate surface area is 171 Å². The Kier molecular flexibility index (Phi) is 5.05. The SMILES string of the molecule is Cc1cc(Nc2nc(C(NC(=O)N(C)C)c3ccc(F)cc3)nn3cccc23)n[nH]1. The average Bonchev–Trinajstić information content (AvgIpc) is 3.35. The topological polar surface area (TPSA) is 103 Å². The second-order valence-electron chi connectivity index (χ2n) is 7.05. The van der Waals surface area contributed by atoms with Crippen LogP contribution in [0.15, 0.2) is 48.7 Å². The minimum absolute atomic E-state index is 0.321. The highest BCUT2D eigenvalue weighted by atomic mass is 19.1. The third-order valence-electron chi connectivity index (χ3n) is 4.50. The average molecular weight is 408 g/mol. The molecule has 3 N–H and O–H groups in total. The molecule has 2 amide bonds. The molecule has 154 valence electrons. The van der Waals surface area contributed by atoms with Gasteiger partial charge in [0.1, 0.15) is 17.4 Å². The van der Waals surface area contributed by atoms with Crippen LogP contribution in [0.5, 0.6) is 0 Å². The summed E-state index contributed by atoms with van der Waals surface area (Å²) in [5.74, 6) is 1.11. The van der Waals surface area contributed by atoms with Crippen LogP contribution in [0, 0.1) is 12.7 Å². The molecule has 0 saturated carbocycles. The number of nitrogens with one attached hydrogen (secondary N) is 3. The first-order valence-corrected chi connectivity index (χ1v) is 9.28. The molecule has 0 aliphatic rings. The molecule has 10 heteroatoms. The van der Waals surface area contributed by atoms with Crippen molar-refractivity contribution in [1.29, 1.82) is 0 Å². The highest BCUT2D eigenvalue weighted by Crippen LogP contribution is 2.25. The number of hydrogen-bond acceptors (Lipinski definition) is 5. The van der Waals surface area contributed by atoms with E-state index < -0.39 is 6.04 Å². The highest BCUT2D eigenvalue weighted by Gasteiger charge is 2.23. The summed E-state index contributed by atoms with van der Waals surface area (Å²) in [5.41, 5.74) is 2.30. The molecule has 1 unspecified atom stereocenters. The van der Waals surface area contributed by atoms with Gasteiger partial charge in [-0.15, -0.1) is 5.10 Å². The predicted molar refractivity (Wildman–Crippen MR) is 110 cm³/mol. The van der Waals surface area contributed by atoms with Gasteiger partial charge >= 0.3 is 6.03 Å². The molecule has 4 rings (SSSR count). The van der Waals surface area contributed by atoms with Gasteiger partial charge in [-0.1, -0.05) is 12.1 Å². The van der Waals surface area contributed by atoms with Gasteiger partial charge in [-0.25, -0.2) is 18.7 Å². The van der Waals surface area contributed by atoms with Gasteiger partial charge in [0.2, 0.25) is 0 Å². The van der Waals surface area contributed by atoms with E-state index in [1.807, 2.05) is 25.1 Å². The van der Waals surface area contributed by atoms with Gasteiger partial charge in [-0.3, -0.25) is 5.10 Å². The van der Waals surface area contributed by atoms with Crippen LogP contribution >= 0.6 is 0 Å². The van der Waals surface area contributed by atoms with Gasteiger partial charge in [0.15, 0.2) is 17.5 Å². The third-order valence-corrected chi connectivity index (χ3v) is 4.50. The molecule has 0 aliphatic heterocycles. The quantitative estimate of drug-likeness (QED) is 0.471. The second kappa shape index (κ2) is 7.82. The number of hydrogen-bond donors (Lipinski definition) is 3. The Morgan fingerprint density at radius 1 is 1.23 bits per heavy atom. The van der Waals surface area contributed by atoms with Gasteiger partial charge in [0.05, 0.1) is 0 Å². The summed E-state index contributed by atoms with van der Waals surface area (Å²) in [4.78, 5) is 18.5. The normalized spacial score (nSPS) is 12.0. The summed E-state index contributed by atoms with van der Waals surface area (Å²) in [6.07, 6.45) is 1.79. The van der Waals surface area contributed by atoms with E-state index >= 15 is 0 Å². The molecular weight excluding hydrogens is 387 g/mol. The fraction of sp³-hybridized carbons (Fsp3) is 0.200. The predicted octanol–water partition coefficient (Wildman–Crippen LogP) is 3.00. The number of carbonyl (C=O) groups excluding carboxylic acids is 1. The van der Waals surface area contributed by atoms with Crippen LogP contribution in [0.25, 0.3) is 5.52 Å². The number of aromatic amines is 1. The van der Waals surface area contributed by atoms with E-state index in [1.54, 1.807) is 36.9 Å². The Morgan fingerprint density at radius 2 is 2.00 bits per heavy atom. The van der Waals surface area contributed by atoms with Crippen molar-refractivity contribution in [2.45, 2.75) is 13.0 Å². The first-order chi connectivity index (χ1) is 14.4. The molecule has 1 atom stereocenters. The van der Waals surface area contributed by atoms with Crippen molar-refractivity contribution in [2.75, 3.05) is 19.4 Å². The summed E-state index contributed by atoms with van der Waals surface area (Å²) in [7, 11) is 3.28. The van der Waals surface area contributed by atoms with E-state index in [9.17, 15) is 9.18 Å². The lowest BCUT2D eigenvalue weighted by molar-refractivity contribution is 0.214. The van der Waals surface area contributed by atoms with Gasteiger partial charge in [0.25, 0.3) is 0 Å². The molecule has 3 heterocycles. The molecule has 0 spiro atoms. The Bertz CT molecular complexity index is 1180. The van der Waals surface area contributed by atoms with Crippen LogP contribution in [0.3, 0.4) is 0 Å². The van der Waals surface area contributed by atoms with Crippen molar-refractivity contribution < 1.29 is 9.18 Å². The van der Waals surface area contributed by atoms with Gasteiger partial charge < -0.3 is 15.5 Å². The number of H-pyrrole nitrogens is 1. The lowest BCUT2D eigenvalue weighted by Gasteiger charge is -2.21. The minimum Gasteiger partial charge on any atom is -0.331 e. The summed E-state index contributed by atoms with van der Waals surface area (Å²) >= 11 is 0. The van der Waals surface area contributed by atoms with Gasteiger partial charge in [0, 0.05) is 32.1 Å². The number of amides is 2. The molecule has 4 aromatic rings. The molecule has 0 bridgehead atoms. The molecular formula is C20H21FN8O. The summed E-state index contributed by atoms with van der Waals surface area (Å²) in [5, 5.41) is 17.7. The van der Waals surface area contributed by atoms with E-state index in [1.165, 1.54) is 17.0 Å². The summed E-state index contributed by atoms with van der Waals surface area (Å²) in [6.45, 7) is 1.90. The van der Waals surface area contributed by atoms with E-state index in [0.29, 0.717) is 23.0 Å². The number of halogens is 1. The summed E-state index contributed by atoms with van der Waals surface area (Å²) < 4.78 is 15.1. The standard InChI is InChI=1S/C20H21FN8O/c1-12-11-16(26-25-12)22-18-15-5-4-10-29(15)27-19(24-18)17(23-20(30)28(2)3)13-6-8-14(21)9-7-13/h4-11,17H,1-3H3,(H,23,30)(H2,22,24,25,26,27). The monoisotopic (exact) mass is 408 g/mol. The van der Waals surface area contributed by atoms with Crippen LogP contribution < -0.4 is 10.6 Å². The zero-order chi connectivity index (χ0) is 21.3. The number of urea groups is 1. The van der Waals surface area contributed by atoms with Crippen molar-refractivity contribution in [3.05, 3.63) is 71.6 Å². The fourth-order valence-corrected chi connectivity index (χ4v) is 2.97. The van der Waals surface area contributed by atoms with Gasteiger partial charge in [-0.05, 0) is 36.8 Å². The molecule has 0 fully saturated rings. The minimum atomic E-state index is -0.686. The maximum atomic E-state index is 13.5. The van der Waals surface area contributed by atoms with Crippen molar-refractivity contribution in [1.82, 2.24) is 35.0 Å².